The van der Waals surface area contributed by atoms with Gasteiger partial charge >= 0.3 is 5.97 Å². The molecule has 7 atom stereocenters. The van der Waals surface area contributed by atoms with Crippen LogP contribution in [0, 0.1) is 11.8 Å². The number of esters is 1. The number of likely N-dealkylation sites (tertiary alicyclic amines) is 1. The molecule has 1 spiro atoms. The molecule has 7 nitrogen and oxygen atoms in total. The van der Waals surface area contributed by atoms with Crippen LogP contribution in [0.3, 0.4) is 0 Å². The van der Waals surface area contributed by atoms with E-state index in [1.807, 2.05) is 20.8 Å². The van der Waals surface area contributed by atoms with E-state index in [1.165, 1.54) is 4.90 Å². The summed E-state index contributed by atoms with van der Waals surface area (Å²) >= 11 is 5.29. The number of fused-ring (bicyclic) bond motifs is 1. The fourth-order valence-corrected chi connectivity index (χ4v) is 8.97. The second-order valence-corrected chi connectivity index (χ2v) is 12.3. The number of hydrogen-bond donors (Lipinski definition) is 1. The topological polar surface area (TPSA) is 87.2 Å². The third kappa shape index (κ3) is 3.74. The molecule has 3 heterocycles. The van der Waals surface area contributed by atoms with Crippen molar-refractivity contribution in [3.63, 3.8) is 0 Å². The molecular formula is C22H33BrN2O5S. The molecule has 174 valence electrons. The highest BCUT2D eigenvalue weighted by Crippen LogP contribution is 2.68. The third-order valence-electron chi connectivity index (χ3n) is 6.65. The SMILES string of the molecule is C=CCN(C(=O)C1N([C@H](C)CO)C(=O)[C@@H]2[C@H](C(=O)OCC)[C@H]3SC12CC3Br)C(C)(C)C. The van der Waals surface area contributed by atoms with Gasteiger partial charge in [0.05, 0.1) is 35.8 Å². The maximum Gasteiger partial charge on any atom is 0.310 e. The van der Waals surface area contributed by atoms with E-state index in [0.717, 1.165) is 0 Å². The van der Waals surface area contributed by atoms with Gasteiger partial charge in [-0.2, -0.15) is 0 Å². The molecule has 0 radical (unpaired) electrons. The summed E-state index contributed by atoms with van der Waals surface area (Å²) < 4.78 is 4.60. The number of halogens is 1. The summed E-state index contributed by atoms with van der Waals surface area (Å²) in [7, 11) is 0. The predicted molar refractivity (Wildman–Crippen MR) is 124 cm³/mol. The van der Waals surface area contributed by atoms with Crippen molar-refractivity contribution in [2.24, 2.45) is 11.8 Å². The number of aliphatic hydroxyl groups excluding tert-OH is 1. The van der Waals surface area contributed by atoms with Crippen molar-refractivity contribution in [2.45, 2.75) is 73.5 Å². The van der Waals surface area contributed by atoms with Gasteiger partial charge in [-0.15, -0.1) is 18.3 Å². The number of carbonyl (C=O) groups is 3. The first kappa shape index (κ1) is 24.6. The minimum Gasteiger partial charge on any atom is -0.466 e. The third-order valence-corrected chi connectivity index (χ3v) is 9.87. The van der Waals surface area contributed by atoms with Crippen molar-refractivity contribution in [1.82, 2.24) is 9.80 Å². The van der Waals surface area contributed by atoms with Crippen LogP contribution in [0.5, 0.6) is 0 Å². The van der Waals surface area contributed by atoms with Gasteiger partial charge in [-0.3, -0.25) is 14.4 Å². The fraction of sp³-hybridized carbons (Fsp3) is 0.773. The first-order valence-corrected chi connectivity index (χ1v) is 12.6. The van der Waals surface area contributed by atoms with E-state index in [-0.39, 0.29) is 41.1 Å². The standard InChI is InChI=1S/C22H33BrN2O5S/c1-7-9-24(21(4,5)6)19(28)17-22-10-13(23)16(31-22)14(20(29)30-8-2)15(22)18(27)25(17)12(3)11-26/h7,12-17,26H,1,8-11H2,2-6H3/t12-,13?,14+,15+,16+,17?,22?/m1/s1. The number of rotatable bonds is 7. The van der Waals surface area contributed by atoms with E-state index in [2.05, 4.69) is 22.5 Å². The van der Waals surface area contributed by atoms with E-state index in [1.54, 1.807) is 36.6 Å². The molecule has 31 heavy (non-hydrogen) atoms. The van der Waals surface area contributed by atoms with Crippen molar-refractivity contribution in [1.29, 1.82) is 0 Å². The van der Waals surface area contributed by atoms with Crippen molar-refractivity contribution in [3.05, 3.63) is 12.7 Å². The van der Waals surface area contributed by atoms with Crippen LogP contribution in [0.15, 0.2) is 12.7 Å². The van der Waals surface area contributed by atoms with Crippen LogP contribution in [0.4, 0.5) is 0 Å². The maximum atomic E-state index is 14.1. The van der Waals surface area contributed by atoms with Gasteiger partial charge in [0.2, 0.25) is 11.8 Å². The molecule has 1 N–H and O–H groups in total. The van der Waals surface area contributed by atoms with E-state index in [0.29, 0.717) is 13.0 Å². The molecular weight excluding hydrogens is 484 g/mol. The highest BCUT2D eigenvalue weighted by molar-refractivity contribution is 9.09. The summed E-state index contributed by atoms with van der Waals surface area (Å²) in [6, 6.07) is -1.30. The van der Waals surface area contributed by atoms with Crippen molar-refractivity contribution in [2.75, 3.05) is 19.8 Å². The molecule has 3 aliphatic heterocycles. The van der Waals surface area contributed by atoms with Gasteiger partial charge in [-0.25, -0.2) is 0 Å². The van der Waals surface area contributed by atoms with Gasteiger partial charge in [0.1, 0.15) is 6.04 Å². The van der Waals surface area contributed by atoms with E-state index < -0.39 is 34.2 Å². The van der Waals surface area contributed by atoms with E-state index in [4.69, 9.17) is 4.74 Å². The average molecular weight is 517 g/mol. The van der Waals surface area contributed by atoms with Crippen LogP contribution >= 0.6 is 27.7 Å². The van der Waals surface area contributed by atoms with Gasteiger partial charge < -0.3 is 19.6 Å². The summed E-state index contributed by atoms with van der Waals surface area (Å²) in [4.78, 5) is 44.0. The van der Waals surface area contributed by atoms with E-state index >= 15 is 0 Å². The number of ether oxygens (including phenoxy) is 1. The largest absolute Gasteiger partial charge is 0.466 e. The molecule has 0 aromatic carbocycles. The second kappa shape index (κ2) is 8.71. The van der Waals surface area contributed by atoms with Crippen LogP contribution in [0.2, 0.25) is 0 Å². The van der Waals surface area contributed by atoms with Gasteiger partial charge in [0.25, 0.3) is 0 Å². The molecule has 2 bridgehead atoms. The van der Waals surface area contributed by atoms with Gasteiger partial charge in [-0.1, -0.05) is 22.0 Å². The highest BCUT2D eigenvalue weighted by atomic mass is 79.9. The Labute approximate surface area is 197 Å². The number of alkyl halides is 1. The predicted octanol–water partition coefficient (Wildman–Crippen LogP) is 2.21. The lowest BCUT2D eigenvalue weighted by molar-refractivity contribution is -0.154. The summed E-state index contributed by atoms with van der Waals surface area (Å²) in [6.07, 6.45) is 2.29. The van der Waals surface area contributed by atoms with Crippen LogP contribution in [0.25, 0.3) is 0 Å². The fourth-order valence-electron chi connectivity index (χ4n) is 5.39. The van der Waals surface area contributed by atoms with Gasteiger partial charge in [0, 0.05) is 22.2 Å². The maximum absolute atomic E-state index is 14.1. The van der Waals surface area contributed by atoms with Crippen molar-refractivity contribution >= 4 is 45.5 Å². The zero-order chi connectivity index (χ0) is 23.3. The first-order chi connectivity index (χ1) is 14.5. The molecule has 0 aliphatic carbocycles. The van der Waals surface area contributed by atoms with Crippen molar-refractivity contribution in [3.8, 4) is 0 Å². The number of aliphatic hydroxyl groups is 1. The van der Waals surface area contributed by atoms with Crippen LogP contribution in [-0.4, -0.2) is 84.9 Å². The van der Waals surface area contributed by atoms with Gasteiger partial charge in [0.15, 0.2) is 0 Å². The lowest BCUT2D eigenvalue weighted by Crippen LogP contribution is -2.60. The molecule has 3 fully saturated rings. The molecule has 2 amide bonds. The Morgan fingerprint density at radius 2 is 2.13 bits per heavy atom. The van der Waals surface area contributed by atoms with Crippen molar-refractivity contribution < 1.29 is 24.2 Å². The molecule has 9 heteroatoms. The Kier molecular flexibility index (Phi) is 6.90. The summed E-state index contributed by atoms with van der Waals surface area (Å²) in [5.74, 6) is -2.03. The zero-order valence-electron chi connectivity index (χ0n) is 18.8. The number of amides is 2. The monoisotopic (exact) mass is 516 g/mol. The Balaban J connectivity index is 2.13. The van der Waals surface area contributed by atoms with Gasteiger partial charge in [-0.05, 0) is 41.0 Å². The van der Waals surface area contributed by atoms with E-state index in [9.17, 15) is 19.5 Å². The molecule has 3 saturated heterocycles. The molecule has 3 aliphatic rings. The second-order valence-electron chi connectivity index (χ2n) is 9.60. The summed E-state index contributed by atoms with van der Waals surface area (Å²) in [5, 5.41) is 9.79. The molecule has 0 aromatic heterocycles. The lowest BCUT2D eigenvalue weighted by Gasteiger charge is -2.43. The lowest BCUT2D eigenvalue weighted by atomic mass is 9.71. The Morgan fingerprint density at radius 1 is 1.48 bits per heavy atom. The summed E-state index contributed by atoms with van der Waals surface area (Å²) in [6.45, 7) is 13.5. The molecule has 0 saturated carbocycles. The highest BCUT2D eigenvalue weighted by Gasteiger charge is 2.76. The Bertz CT molecular complexity index is 771. The smallest absolute Gasteiger partial charge is 0.310 e. The summed E-state index contributed by atoms with van der Waals surface area (Å²) in [5.41, 5.74) is -0.479. The number of carbonyl (C=O) groups excluding carboxylic acids is 3. The number of hydrogen-bond acceptors (Lipinski definition) is 6. The zero-order valence-corrected chi connectivity index (χ0v) is 21.2. The normalized spacial score (nSPS) is 35.1. The molecule has 0 aromatic rings. The quantitative estimate of drug-likeness (QED) is 0.317. The Morgan fingerprint density at radius 3 is 2.65 bits per heavy atom. The van der Waals surface area contributed by atoms with Crippen LogP contribution < -0.4 is 0 Å². The minimum atomic E-state index is -0.763. The molecule has 3 unspecified atom stereocenters. The number of nitrogens with zero attached hydrogens (tertiary/aromatic N) is 2. The minimum absolute atomic E-state index is 0.00173. The number of thioether (sulfide) groups is 1. The first-order valence-electron chi connectivity index (χ1n) is 10.8. The average Bonchev–Trinajstić information content (AvgIpc) is 3.27. The molecule has 3 rings (SSSR count). The Hall–Kier alpha value is -1.06. The van der Waals surface area contributed by atoms with Crippen LogP contribution in [0.1, 0.15) is 41.0 Å². The van der Waals surface area contributed by atoms with Crippen LogP contribution in [-0.2, 0) is 19.1 Å².